The van der Waals surface area contributed by atoms with Gasteiger partial charge >= 0.3 is 0 Å². The SMILES string of the molecule is N#C/C(N)=C(\C#N)N=Cc1ccc(Oc2cc(=S)nc(C3CC3)[nH]2)cc1Cl. The Morgan fingerprint density at radius 1 is 1.37 bits per heavy atom. The van der Waals surface area contributed by atoms with E-state index in [4.69, 9.17) is 44.8 Å². The van der Waals surface area contributed by atoms with Crippen molar-refractivity contribution in [3.05, 3.63) is 56.7 Å². The highest BCUT2D eigenvalue weighted by atomic mass is 35.5. The fourth-order valence-electron chi connectivity index (χ4n) is 2.21. The van der Waals surface area contributed by atoms with Crippen molar-refractivity contribution in [3.8, 4) is 23.8 Å². The molecule has 1 heterocycles. The van der Waals surface area contributed by atoms with Gasteiger partial charge in [0.05, 0.1) is 5.02 Å². The number of hydrogen-bond acceptors (Lipinski definition) is 7. The molecule has 0 atom stereocenters. The molecular formula is C18H13ClN6OS. The van der Waals surface area contributed by atoms with E-state index in [1.807, 2.05) is 0 Å². The highest BCUT2D eigenvalue weighted by Crippen LogP contribution is 2.38. The first-order valence-electron chi connectivity index (χ1n) is 7.93. The van der Waals surface area contributed by atoms with Crippen molar-refractivity contribution in [2.45, 2.75) is 18.8 Å². The molecule has 0 spiro atoms. The van der Waals surface area contributed by atoms with Gasteiger partial charge in [0.25, 0.3) is 0 Å². The zero-order valence-electron chi connectivity index (χ0n) is 13.9. The Bertz CT molecular complexity index is 1090. The van der Waals surface area contributed by atoms with Crippen LogP contribution in [0.25, 0.3) is 0 Å². The lowest BCUT2D eigenvalue weighted by molar-refractivity contribution is 0.458. The highest BCUT2D eigenvalue weighted by molar-refractivity contribution is 7.71. The summed E-state index contributed by atoms with van der Waals surface area (Å²) in [6, 6.07) is 10.1. The molecule has 0 radical (unpaired) electrons. The largest absolute Gasteiger partial charge is 0.441 e. The lowest BCUT2D eigenvalue weighted by Gasteiger charge is -2.08. The summed E-state index contributed by atoms with van der Waals surface area (Å²) in [5.74, 6) is 2.24. The van der Waals surface area contributed by atoms with Crippen LogP contribution in [0.4, 0.5) is 0 Å². The highest BCUT2D eigenvalue weighted by Gasteiger charge is 2.26. The van der Waals surface area contributed by atoms with Crippen molar-refractivity contribution < 1.29 is 4.74 Å². The molecule has 1 aliphatic carbocycles. The summed E-state index contributed by atoms with van der Waals surface area (Å²) in [7, 11) is 0. The van der Waals surface area contributed by atoms with Crippen LogP contribution in [-0.4, -0.2) is 16.2 Å². The molecule has 7 nitrogen and oxygen atoms in total. The van der Waals surface area contributed by atoms with E-state index in [0.717, 1.165) is 18.7 Å². The first-order chi connectivity index (χ1) is 13.0. The van der Waals surface area contributed by atoms with Crippen molar-refractivity contribution in [1.82, 2.24) is 9.97 Å². The zero-order valence-corrected chi connectivity index (χ0v) is 15.5. The van der Waals surface area contributed by atoms with Gasteiger partial charge in [0, 0.05) is 29.8 Å². The number of hydrogen-bond donors (Lipinski definition) is 2. The number of H-pyrrole nitrogens is 1. The Kier molecular flexibility index (Phi) is 5.51. The van der Waals surface area contributed by atoms with Gasteiger partial charge in [0.1, 0.15) is 34.0 Å². The van der Waals surface area contributed by atoms with Gasteiger partial charge in [-0.3, -0.25) is 0 Å². The smallest absolute Gasteiger partial charge is 0.201 e. The van der Waals surface area contributed by atoms with Gasteiger partial charge in [0.15, 0.2) is 5.70 Å². The number of nitriles is 2. The maximum atomic E-state index is 8.95. The second-order valence-electron chi connectivity index (χ2n) is 5.77. The van der Waals surface area contributed by atoms with E-state index in [1.54, 1.807) is 36.4 Å². The fraction of sp³-hybridized carbons (Fsp3) is 0.167. The van der Waals surface area contributed by atoms with E-state index in [2.05, 4.69) is 15.0 Å². The van der Waals surface area contributed by atoms with Gasteiger partial charge in [-0.05, 0) is 25.0 Å². The van der Waals surface area contributed by atoms with Crippen LogP contribution in [0.1, 0.15) is 30.1 Å². The lowest BCUT2D eigenvalue weighted by Crippen LogP contribution is -1.98. The van der Waals surface area contributed by atoms with Gasteiger partial charge in [-0.25, -0.2) is 9.98 Å². The van der Waals surface area contributed by atoms with Crippen molar-refractivity contribution in [1.29, 1.82) is 10.5 Å². The van der Waals surface area contributed by atoms with E-state index in [9.17, 15) is 0 Å². The molecule has 1 saturated carbocycles. The fourth-order valence-corrected chi connectivity index (χ4v) is 2.63. The molecule has 2 aromatic rings. The summed E-state index contributed by atoms with van der Waals surface area (Å²) in [6.07, 6.45) is 3.55. The number of nitrogens with one attached hydrogen (secondary N) is 1. The number of aliphatic imine (C=N–C) groups is 1. The minimum absolute atomic E-state index is 0.175. The Balaban J connectivity index is 1.81. The predicted molar refractivity (Wildman–Crippen MR) is 103 cm³/mol. The Morgan fingerprint density at radius 2 is 2.15 bits per heavy atom. The number of halogens is 1. The monoisotopic (exact) mass is 396 g/mol. The Morgan fingerprint density at radius 3 is 2.78 bits per heavy atom. The van der Waals surface area contributed by atoms with E-state index < -0.39 is 0 Å². The van der Waals surface area contributed by atoms with Crippen LogP contribution >= 0.6 is 23.8 Å². The molecule has 9 heteroatoms. The summed E-state index contributed by atoms with van der Waals surface area (Å²) in [6.45, 7) is 0. The van der Waals surface area contributed by atoms with Crippen LogP contribution in [-0.2, 0) is 0 Å². The first-order valence-corrected chi connectivity index (χ1v) is 8.71. The molecule has 1 aliphatic rings. The van der Waals surface area contributed by atoms with Crippen LogP contribution in [0.2, 0.25) is 5.02 Å². The van der Waals surface area contributed by atoms with Crippen molar-refractivity contribution in [3.63, 3.8) is 0 Å². The average Bonchev–Trinajstić information content (AvgIpc) is 3.48. The number of nitrogens with two attached hydrogens (primary N) is 1. The Hall–Kier alpha value is -3.20. The molecule has 0 saturated heterocycles. The van der Waals surface area contributed by atoms with Gasteiger partial charge in [0.2, 0.25) is 5.88 Å². The number of aromatic nitrogens is 2. The molecule has 0 bridgehead atoms. The molecular weight excluding hydrogens is 384 g/mol. The van der Waals surface area contributed by atoms with Gasteiger partial charge in [-0.1, -0.05) is 23.8 Å². The van der Waals surface area contributed by atoms with Crippen LogP contribution in [0.3, 0.4) is 0 Å². The van der Waals surface area contributed by atoms with Crippen LogP contribution < -0.4 is 10.5 Å². The summed E-state index contributed by atoms with van der Waals surface area (Å²) in [5.41, 5.74) is 5.51. The normalized spacial score (nSPS) is 14.3. The molecule has 0 aliphatic heterocycles. The second-order valence-corrected chi connectivity index (χ2v) is 6.60. The summed E-state index contributed by atoms with van der Waals surface area (Å²) in [4.78, 5) is 11.4. The third kappa shape index (κ3) is 4.70. The quantitative estimate of drug-likeness (QED) is 0.445. The standard InChI is InChI=1S/C18H13ClN6OS/c19-13-5-12(4-3-11(13)9-23-15(8-21)14(22)7-20)26-16-6-17(27)25-18(24-16)10-1-2-10/h3-6,9-10H,1-2,22H2,(H,24,25,27)/b15-14-,23-9?. The number of ether oxygens (including phenoxy) is 1. The minimum Gasteiger partial charge on any atom is -0.441 e. The van der Waals surface area contributed by atoms with Crippen molar-refractivity contribution in [2.75, 3.05) is 0 Å². The molecule has 1 aromatic heterocycles. The molecule has 1 fully saturated rings. The third-order valence-electron chi connectivity index (χ3n) is 3.71. The minimum atomic E-state index is -0.260. The van der Waals surface area contributed by atoms with Crippen molar-refractivity contribution in [2.24, 2.45) is 10.7 Å². The number of rotatable bonds is 5. The maximum Gasteiger partial charge on any atom is 0.201 e. The molecule has 0 amide bonds. The van der Waals surface area contributed by atoms with Crippen LogP contribution in [0.5, 0.6) is 11.6 Å². The molecule has 3 rings (SSSR count). The topological polar surface area (TPSA) is 124 Å². The van der Waals surface area contributed by atoms with E-state index in [0.29, 0.717) is 32.8 Å². The lowest BCUT2D eigenvalue weighted by atomic mass is 10.2. The average molecular weight is 397 g/mol. The summed E-state index contributed by atoms with van der Waals surface area (Å²) < 4.78 is 6.26. The van der Waals surface area contributed by atoms with Gasteiger partial charge in [-0.15, -0.1) is 0 Å². The van der Waals surface area contributed by atoms with E-state index in [1.165, 1.54) is 6.21 Å². The molecule has 27 heavy (non-hydrogen) atoms. The zero-order chi connectivity index (χ0) is 19.4. The number of aromatic amines is 1. The van der Waals surface area contributed by atoms with Crippen LogP contribution in [0, 0.1) is 27.3 Å². The van der Waals surface area contributed by atoms with E-state index in [-0.39, 0.29) is 11.4 Å². The molecule has 3 N–H and O–H groups in total. The maximum absolute atomic E-state index is 8.95. The second kappa shape index (κ2) is 8.00. The Labute approximate surface area is 165 Å². The van der Waals surface area contributed by atoms with Crippen molar-refractivity contribution >= 4 is 30.0 Å². The number of allylic oxidation sites excluding steroid dienone is 2. The predicted octanol–water partition coefficient (Wildman–Crippen LogP) is 4.10. The molecule has 134 valence electrons. The molecule has 1 aromatic carbocycles. The van der Waals surface area contributed by atoms with Gasteiger partial charge in [-0.2, -0.15) is 10.5 Å². The van der Waals surface area contributed by atoms with Gasteiger partial charge < -0.3 is 15.5 Å². The summed E-state index contributed by atoms with van der Waals surface area (Å²) in [5, 5.41) is 18.0. The van der Waals surface area contributed by atoms with Crippen LogP contribution in [0.15, 0.2) is 40.7 Å². The number of nitrogens with zero attached hydrogens (tertiary/aromatic N) is 4. The first kappa shape index (κ1) is 18.6. The number of benzene rings is 1. The molecule has 0 unspecified atom stereocenters. The van der Waals surface area contributed by atoms with E-state index >= 15 is 0 Å². The summed E-state index contributed by atoms with van der Waals surface area (Å²) >= 11 is 11.4. The third-order valence-corrected chi connectivity index (χ3v) is 4.25.